The molecule has 1 heterocycles. The van der Waals surface area contributed by atoms with E-state index in [0.717, 1.165) is 5.69 Å². The molecular formula is C11H12N2O2S2. The first-order chi connectivity index (χ1) is 8.18. The van der Waals surface area contributed by atoms with Crippen LogP contribution in [0.1, 0.15) is 0 Å². The quantitative estimate of drug-likeness (QED) is 0.798. The summed E-state index contributed by atoms with van der Waals surface area (Å²) in [5.41, 5.74) is 0.874. The van der Waals surface area contributed by atoms with Crippen molar-refractivity contribution in [2.24, 2.45) is 0 Å². The normalized spacial score (nSPS) is 19.1. The highest BCUT2D eigenvalue weighted by Gasteiger charge is 2.32. The molecule has 0 saturated carbocycles. The molecular weight excluding hydrogens is 256 g/mol. The maximum atomic E-state index is 11.0. The summed E-state index contributed by atoms with van der Waals surface area (Å²) in [5, 5.41) is 12.6. The molecule has 0 aliphatic carbocycles. The first-order valence-corrected chi connectivity index (χ1v) is 6.68. The van der Waals surface area contributed by atoms with Gasteiger partial charge in [-0.25, -0.2) is 4.79 Å². The van der Waals surface area contributed by atoms with Crippen molar-refractivity contribution >= 4 is 40.7 Å². The number of carboxylic acid groups (broad SMARTS) is 1. The molecule has 2 rings (SSSR count). The Kier molecular flexibility index (Phi) is 3.86. The van der Waals surface area contributed by atoms with Crippen molar-refractivity contribution in [2.75, 3.05) is 16.9 Å². The van der Waals surface area contributed by atoms with Crippen LogP contribution in [0.3, 0.4) is 0 Å². The molecule has 0 aromatic heterocycles. The van der Waals surface area contributed by atoms with Gasteiger partial charge in [-0.05, 0) is 24.4 Å². The maximum absolute atomic E-state index is 11.0. The molecule has 1 aliphatic heterocycles. The van der Waals surface area contributed by atoms with Crippen LogP contribution in [0.4, 0.5) is 5.69 Å². The average Bonchev–Trinajstić information content (AvgIpc) is 2.79. The van der Waals surface area contributed by atoms with Gasteiger partial charge in [0.1, 0.15) is 6.04 Å². The minimum Gasteiger partial charge on any atom is -0.480 e. The Bertz CT molecular complexity index is 425. The number of thioether (sulfide) groups is 1. The van der Waals surface area contributed by atoms with Gasteiger partial charge in [-0.3, -0.25) is 0 Å². The highest BCUT2D eigenvalue weighted by atomic mass is 32.2. The highest BCUT2D eigenvalue weighted by Crippen LogP contribution is 2.22. The smallest absolute Gasteiger partial charge is 0.327 e. The predicted molar refractivity (Wildman–Crippen MR) is 73.3 cm³/mol. The summed E-state index contributed by atoms with van der Waals surface area (Å²) in [4.78, 5) is 12.7. The molecule has 17 heavy (non-hydrogen) atoms. The first kappa shape index (κ1) is 12.2. The number of aliphatic carboxylic acids is 1. The third kappa shape index (κ3) is 2.89. The molecule has 4 nitrogen and oxygen atoms in total. The van der Waals surface area contributed by atoms with Gasteiger partial charge in [-0.1, -0.05) is 18.2 Å². The lowest BCUT2D eigenvalue weighted by Gasteiger charge is -2.23. The summed E-state index contributed by atoms with van der Waals surface area (Å²) in [6, 6.07) is 8.98. The van der Waals surface area contributed by atoms with Gasteiger partial charge in [-0.15, -0.1) is 11.8 Å². The fourth-order valence-corrected chi connectivity index (χ4v) is 3.11. The van der Waals surface area contributed by atoms with Crippen LogP contribution in [0.25, 0.3) is 0 Å². The van der Waals surface area contributed by atoms with Crippen LogP contribution >= 0.6 is 24.0 Å². The van der Waals surface area contributed by atoms with Crippen molar-refractivity contribution in [2.45, 2.75) is 6.04 Å². The number of nitrogens with zero attached hydrogens (tertiary/aromatic N) is 1. The van der Waals surface area contributed by atoms with Gasteiger partial charge in [0.25, 0.3) is 0 Å². The van der Waals surface area contributed by atoms with Gasteiger partial charge >= 0.3 is 5.97 Å². The van der Waals surface area contributed by atoms with Crippen LogP contribution in [0.2, 0.25) is 0 Å². The van der Waals surface area contributed by atoms with Crippen LogP contribution in [-0.2, 0) is 4.79 Å². The van der Waals surface area contributed by atoms with Gasteiger partial charge in [0, 0.05) is 11.4 Å². The standard InChI is InChI=1S/C11H12N2O2S2/c14-10(15)9-6-17-7-13(9)11(16)12-8-4-2-1-3-5-8/h1-5,9H,6-7H2,(H,12,16)(H,14,15). The predicted octanol–water partition coefficient (Wildman–Crippen LogP) is 1.84. The van der Waals surface area contributed by atoms with E-state index in [0.29, 0.717) is 16.7 Å². The van der Waals surface area contributed by atoms with Crippen molar-refractivity contribution in [1.29, 1.82) is 0 Å². The van der Waals surface area contributed by atoms with E-state index in [9.17, 15) is 4.79 Å². The van der Waals surface area contributed by atoms with E-state index in [-0.39, 0.29) is 0 Å². The second-order valence-electron chi connectivity index (χ2n) is 3.62. The molecule has 2 N–H and O–H groups in total. The molecule has 1 saturated heterocycles. The number of nitrogens with one attached hydrogen (secondary N) is 1. The number of benzene rings is 1. The van der Waals surface area contributed by atoms with Crippen LogP contribution in [-0.4, -0.2) is 38.8 Å². The Morgan fingerprint density at radius 1 is 1.47 bits per heavy atom. The lowest BCUT2D eigenvalue weighted by atomic mass is 10.3. The molecule has 1 aromatic rings. The van der Waals surface area contributed by atoms with E-state index in [1.165, 1.54) is 0 Å². The third-order valence-electron chi connectivity index (χ3n) is 2.45. The SMILES string of the molecule is O=C(O)C1CSCN1C(=S)Nc1ccccc1. The van der Waals surface area contributed by atoms with E-state index in [2.05, 4.69) is 5.32 Å². The lowest BCUT2D eigenvalue weighted by molar-refractivity contribution is -0.140. The molecule has 0 spiro atoms. The number of para-hydroxylation sites is 1. The topological polar surface area (TPSA) is 52.6 Å². The van der Waals surface area contributed by atoms with Gasteiger partial charge in [0.05, 0.1) is 5.88 Å². The fraction of sp³-hybridized carbons (Fsp3) is 0.273. The van der Waals surface area contributed by atoms with Crippen molar-refractivity contribution in [3.63, 3.8) is 0 Å². The minimum atomic E-state index is -0.827. The summed E-state index contributed by atoms with van der Waals surface area (Å²) in [6.07, 6.45) is 0. The van der Waals surface area contributed by atoms with Crippen molar-refractivity contribution in [3.8, 4) is 0 Å². The van der Waals surface area contributed by atoms with E-state index in [1.807, 2.05) is 30.3 Å². The van der Waals surface area contributed by atoms with Crippen LogP contribution in [0, 0.1) is 0 Å². The van der Waals surface area contributed by atoms with Crippen LogP contribution in [0.5, 0.6) is 0 Å². The molecule has 6 heteroatoms. The number of rotatable bonds is 2. The molecule has 0 bridgehead atoms. The number of carboxylic acids is 1. The summed E-state index contributed by atoms with van der Waals surface area (Å²) in [6.45, 7) is 0. The lowest BCUT2D eigenvalue weighted by Crippen LogP contribution is -2.43. The number of thiocarbonyl (C=S) groups is 1. The summed E-state index contributed by atoms with van der Waals surface area (Å²) >= 11 is 6.81. The minimum absolute atomic E-state index is 0.466. The second-order valence-corrected chi connectivity index (χ2v) is 5.01. The monoisotopic (exact) mass is 268 g/mol. The molecule has 0 radical (unpaired) electrons. The number of anilines is 1. The molecule has 1 atom stereocenters. The summed E-state index contributed by atoms with van der Waals surface area (Å²) in [7, 11) is 0. The largest absolute Gasteiger partial charge is 0.480 e. The molecule has 90 valence electrons. The zero-order chi connectivity index (χ0) is 12.3. The Hall–Kier alpha value is -1.27. The Labute approximate surface area is 109 Å². The van der Waals surface area contributed by atoms with Gasteiger partial charge < -0.3 is 15.3 Å². The van der Waals surface area contributed by atoms with Gasteiger partial charge in [-0.2, -0.15) is 0 Å². The fourth-order valence-electron chi connectivity index (χ4n) is 1.56. The average molecular weight is 268 g/mol. The zero-order valence-corrected chi connectivity index (χ0v) is 10.6. The van der Waals surface area contributed by atoms with E-state index in [1.54, 1.807) is 16.7 Å². The number of hydrogen-bond donors (Lipinski definition) is 2. The molecule has 1 unspecified atom stereocenters. The Morgan fingerprint density at radius 3 is 2.82 bits per heavy atom. The van der Waals surface area contributed by atoms with Gasteiger partial charge in [0.2, 0.25) is 0 Å². The molecule has 1 aromatic carbocycles. The van der Waals surface area contributed by atoms with E-state index >= 15 is 0 Å². The van der Waals surface area contributed by atoms with Crippen molar-refractivity contribution in [3.05, 3.63) is 30.3 Å². The van der Waals surface area contributed by atoms with Crippen LogP contribution < -0.4 is 5.32 Å². The summed E-state index contributed by atoms with van der Waals surface area (Å²) in [5.74, 6) is 0.369. The first-order valence-electron chi connectivity index (χ1n) is 5.11. The third-order valence-corrected chi connectivity index (χ3v) is 3.80. The molecule has 1 aliphatic rings. The molecule has 0 amide bonds. The Morgan fingerprint density at radius 2 is 2.18 bits per heavy atom. The van der Waals surface area contributed by atoms with Crippen LogP contribution in [0.15, 0.2) is 30.3 Å². The Balaban J connectivity index is 2.03. The second kappa shape index (κ2) is 5.37. The van der Waals surface area contributed by atoms with E-state index < -0.39 is 12.0 Å². The van der Waals surface area contributed by atoms with Gasteiger partial charge in [0.15, 0.2) is 5.11 Å². The maximum Gasteiger partial charge on any atom is 0.327 e. The zero-order valence-electron chi connectivity index (χ0n) is 9.00. The number of hydrogen-bond acceptors (Lipinski definition) is 3. The highest BCUT2D eigenvalue weighted by molar-refractivity contribution is 7.99. The van der Waals surface area contributed by atoms with Crippen molar-refractivity contribution in [1.82, 2.24) is 4.90 Å². The van der Waals surface area contributed by atoms with Crippen molar-refractivity contribution < 1.29 is 9.90 Å². The molecule has 1 fully saturated rings. The number of carbonyl (C=O) groups is 1. The van der Waals surface area contributed by atoms with E-state index in [4.69, 9.17) is 17.3 Å². The summed E-state index contributed by atoms with van der Waals surface area (Å²) < 4.78 is 0.